The highest BCUT2D eigenvalue weighted by atomic mass is 19.4. The second kappa shape index (κ2) is 7.08. The lowest BCUT2D eigenvalue weighted by atomic mass is 9.92. The molecule has 2 N–H and O–H groups in total. The Hall–Kier alpha value is -2.64. The van der Waals surface area contributed by atoms with Gasteiger partial charge in [-0.25, -0.2) is 4.98 Å². The fourth-order valence-corrected chi connectivity index (χ4v) is 2.12. The first kappa shape index (κ1) is 16.7. The molecule has 2 rings (SSSR count). The van der Waals surface area contributed by atoms with Crippen molar-refractivity contribution < 1.29 is 18.0 Å². The fraction of sp³-hybridized carbons (Fsp3) is 0.267. The molecule has 1 heterocycles. The van der Waals surface area contributed by atoms with Gasteiger partial charge < -0.3 is 0 Å². The van der Waals surface area contributed by atoms with Crippen molar-refractivity contribution in [3.8, 4) is 0 Å². The molecule has 2 aromatic rings. The number of nitrogens with zero attached hydrogens (tertiary/aromatic N) is 2. The lowest BCUT2D eigenvalue weighted by Crippen LogP contribution is -2.30. The molecule has 0 aliphatic heterocycles. The molecule has 1 atom stereocenters. The lowest BCUT2D eigenvalue weighted by molar-refractivity contribution is -0.138. The predicted octanol–water partition coefficient (Wildman–Crippen LogP) is 3.13. The standard InChI is InChI=1S/C15H15F3N4O/c1-10(11-4-2-3-5-12(11)15(16,17)18)8-14(23)22-21-13-9-19-6-7-20-13/h2-7,9-10H,8H2,1H3,(H,20,21)(H,22,23)/t10-/m0/s1. The van der Waals surface area contributed by atoms with E-state index in [-0.39, 0.29) is 12.0 Å². The van der Waals surface area contributed by atoms with Crippen LogP contribution in [0.25, 0.3) is 0 Å². The molecule has 0 unspecified atom stereocenters. The number of anilines is 1. The summed E-state index contributed by atoms with van der Waals surface area (Å²) in [5, 5.41) is 0. The van der Waals surface area contributed by atoms with Gasteiger partial charge in [-0.05, 0) is 17.5 Å². The second-order valence-electron chi connectivity index (χ2n) is 4.95. The molecule has 23 heavy (non-hydrogen) atoms. The fourth-order valence-electron chi connectivity index (χ4n) is 2.12. The zero-order valence-electron chi connectivity index (χ0n) is 12.3. The van der Waals surface area contributed by atoms with E-state index in [4.69, 9.17) is 0 Å². The summed E-state index contributed by atoms with van der Waals surface area (Å²) < 4.78 is 39.0. The van der Waals surface area contributed by atoms with Gasteiger partial charge in [0.1, 0.15) is 0 Å². The molecule has 0 fully saturated rings. The molecule has 0 aliphatic carbocycles. The Balaban J connectivity index is 1.99. The molecular weight excluding hydrogens is 309 g/mol. The molecule has 1 amide bonds. The van der Waals surface area contributed by atoms with Gasteiger partial charge in [0.05, 0.1) is 11.8 Å². The Morgan fingerprint density at radius 2 is 2.00 bits per heavy atom. The third-order valence-electron chi connectivity index (χ3n) is 3.18. The quantitative estimate of drug-likeness (QED) is 0.829. The van der Waals surface area contributed by atoms with Crippen molar-refractivity contribution >= 4 is 11.7 Å². The van der Waals surface area contributed by atoms with Crippen LogP contribution in [-0.2, 0) is 11.0 Å². The Morgan fingerprint density at radius 1 is 1.26 bits per heavy atom. The van der Waals surface area contributed by atoms with E-state index in [9.17, 15) is 18.0 Å². The number of aromatic nitrogens is 2. The monoisotopic (exact) mass is 324 g/mol. The largest absolute Gasteiger partial charge is 0.416 e. The maximum absolute atomic E-state index is 13.0. The minimum Gasteiger partial charge on any atom is -0.281 e. The van der Waals surface area contributed by atoms with E-state index in [2.05, 4.69) is 20.8 Å². The highest BCUT2D eigenvalue weighted by Gasteiger charge is 2.34. The van der Waals surface area contributed by atoms with Crippen molar-refractivity contribution in [2.75, 3.05) is 5.43 Å². The number of hydrazine groups is 1. The van der Waals surface area contributed by atoms with Crippen LogP contribution in [0.1, 0.15) is 30.4 Å². The maximum atomic E-state index is 13.0. The molecule has 0 radical (unpaired) electrons. The minimum atomic E-state index is -4.45. The van der Waals surface area contributed by atoms with Gasteiger partial charge in [0.2, 0.25) is 5.91 Å². The van der Waals surface area contributed by atoms with E-state index in [1.54, 1.807) is 6.92 Å². The first-order chi connectivity index (χ1) is 10.9. The summed E-state index contributed by atoms with van der Waals surface area (Å²) in [5.41, 5.74) is 4.31. The zero-order chi connectivity index (χ0) is 16.9. The number of halogens is 3. The minimum absolute atomic E-state index is 0.0923. The van der Waals surface area contributed by atoms with Gasteiger partial charge >= 0.3 is 6.18 Å². The summed E-state index contributed by atoms with van der Waals surface area (Å²) in [6.45, 7) is 1.58. The molecule has 8 heteroatoms. The van der Waals surface area contributed by atoms with Gasteiger partial charge in [-0.15, -0.1) is 0 Å². The highest BCUT2D eigenvalue weighted by Crippen LogP contribution is 2.35. The van der Waals surface area contributed by atoms with Crippen molar-refractivity contribution in [2.24, 2.45) is 0 Å². The van der Waals surface area contributed by atoms with Crippen molar-refractivity contribution in [3.05, 3.63) is 54.0 Å². The van der Waals surface area contributed by atoms with Crippen LogP contribution >= 0.6 is 0 Å². The number of rotatable bonds is 5. The van der Waals surface area contributed by atoms with E-state index in [1.165, 1.54) is 36.8 Å². The Morgan fingerprint density at radius 3 is 2.65 bits per heavy atom. The van der Waals surface area contributed by atoms with E-state index in [1.807, 2.05) is 0 Å². The van der Waals surface area contributed by atoms with Gasteiger partial charge in [0, 0.05) is 18.8 Å². The molecule has 122 valence electrons. The topological polar surface area (TPSA) is 66.9 Å². The van der Waals surface area contributed by atoms with Crippen LogP contribution in [0.2, 0.25) is 0 Å². The van der Waals surface area contributed by atoms with E-state index in [0.717, 1.165) is 6.07 Å². The Bertz CT molecular complexity index is 661. The maximum Gasteiger partial charge on any atom is 0.416 e. The van der Waals surface area contributed by atoms with Gasteiger partial charge in [-0.1, -0.05) is 25.1 Å². The summed E-state index contributed by atoms with van der Waals surface area (Å²) in [6, 6.07) is 5.25. The van der Waals surface area contributed by atoms with Crippen molar-refractivity contribution in [1.82, 2.24) is 15.4 Å². The van der Waals surface area contributed by atoms with Crippen LogP contribution in [0.15, 0.2) is 42.9 Å². The molecule has 1 aromatic carbocycles. The molecule has 0 aliphatic rings. The van der Waals surface area contributed by atoms with E-state index in [0.29, 0.717) is 5.82 Å². The SMILES string of the molecule is C[C@@H](CC(=O)NNc1cnccn1)c1ccccc1C(F)(F)F. The summed E-state index contributed by atoms with van der Waals surface area (Å²) in [7, 11) is 0. The number of carbonyl (C=O) groups excluding carboxylic acids is 1. The van der Waals surface area contributed by atoms with Crippen LogP contribution in [0, 0.1) is 0 Å². The number of hydrogen-bond acceptors (Lipinski definition) is 4. The second-order valence-corrected chi connectivity index (χ2v) is 4.95. The molecule has 1 aromatic heterocycles. The normalized spacial score (nSPS) is 12.5. The van der Waals surface area contributed by atoms with Crippen LogP contribution < -0.4 is 10.9 Å². The van der Waals surface area contributed by atoms with Gasteiger partial charge in [0.25, 0.3) is 0 Å². The highest BCUT2D eigenvalue weighted by molar-refractivity contribution is 5.78. The number of alkyl halides is 3. The molecule has 0 bridgehead atoms. The number of benzene rings is 1. The lowest BCUT2D eigenvalue weighted by Gasteiger charge is -2.18. The Kier molecular flexibility index (Phi) is 5.15. The first-order valence-corrected chi connectivity index (χ1v) is 6.85. The van der Waals surface area contributed by atoms with Gasteiger partial charge in [-0.2, -0.15) is 13.2 Å². The van der Waals surface area contributed by atoms with Crippen LogP contribution in [0.5, 0.6) is 0 Å². The van der Waals surface area contributed by atoms with Gasteiger partial charge in [-0.3, -0.25) is 20.6 Å². The number of carbonyl (C=O) groups is 1. The van der Waals surface area contributed by atoms with Crippen LogP contribution in [0.4, 0.5) is 19.0 Å². The zero-order valence-corrected chi connectivity index (χ0v) is 12.3. The first-order valence-electron chi connectivity index (χ1n) is 6.85. The van der Waals surface area contributed by atoms with Crippen molar-refractivity contribution in [2.45, 2.75) is 25.4 Å². The molecular formula is C15H15F3N4O. The summed E-state index contributed by atoms with van der Waals surface area (Å²) in [6.07, 6.45) is -0.220. The van der Waals surface area contributed by atoms with Crippen molar-refractivity contribution in [1.29, 1.82) is 0 Å². The van der Waals surface area contributed by atoms with Crippen LogP contribution in [0.3, 0.4) is 0 Å². The van der Waals surface area contributed by atoms with E-state index < -0.39 is 23.6 Å². The molecule has 0 saturated heterocycles. The van der Waals surface area contributed by atoms with Crippen LogP contribution in [-0.4, -0.2) is 15.9 Å². The number of nitrogens with one attached hydrogen (secondary N) is 2. The van der Waals surface area contributed by atoms with Crippen molar-refractivity contribution in [3.63, 3.8) is 0 Å². The summed E-state index contributed by atoms with van der Waals surface area (Å²) in [4.78, 5) is 19.6. The average Bonchev–Trinajstić information content (AvgIpc) is 2.53. The third kappa shape index (κ3) is 4.67. The molecule has 0 spiro atoms. The number of hydrogen-bond donors (Lipinski definition) is 2. The predicted molar refractivity (Wildman–Crippen MR) is 78.3 cm³/mol. The third-order valence-corrected chi connectivity index (χ3v) is 3.18. The summed E-state index contributed by atoms with van der Waals surface area (Å²) >= 11 is 0. The summed E-state index contributed by atoms with van der Waals surface area (Å²) in [5.74, 6) is -0.694. The average molecular weight is 324 g/mol. The Labute approximate surface area is 130 Å². The van der Waals surface area contributed by atoms with Gasteiger partial charge in [0.15, 0.2) is 5.82 Å². The van der Waals surface area contributed by atoms with E-state index >= 15 is 0 Å². The smallest absolute Gasteiger partial charge is 0.281 e. The molecule has 0 saturated carbocycles. The number of amides is 1. The molecule has 5 nitrogen and oxygen atoms in total.